The zero-order valence-corrected chi connectivity index (χ0v) is 12.5. The van der Waals surface area contributed by atoms with E-state index in [4.69, 9.17) is 4.74 Å². The van der Waals surface area contributed by atoms with Crippen LogP contribution in [0.5, 0.6) is 5.88 Å². The summed E-state index contributed by atoms with van der Waals surface area (Å²) in [5.74, 6) is 0.672. The number of aromatic nitrogens is 2. The molecule has 1 fully saturated rings. The zero-order chi connectivity index (χ0) is 15.7. The Balaban J connectivity index is 1.99. The monoisotopic (exact) mass is 303 g/mol. The van der Waals surface area contributed by atoms with Gasteiger partial charge in [0.2, 0.25) is 11.8 Å². The Morgan fingerprint density at radius 2 is 2.14 bits per heavy atom. The number of aliphatic hydroxyl groups is 1. The van der Waals surface area contributed by atoms with Crippen LogP contribution in [0.15, 0.2) is 30.3 Å². The molecule has 6 heteroatoms. The van der Waals surface area contributed by atoms with Crippen LogP contribution >= 0.6 is 0 Å². The highest BCUT2D eigenvalue weighted by molar-refractivity contribution is 5.41. The van der Waals surface area contributed by atoms with Gasteiger partial charge < -0.3 is 14.7 Å². The molecular formula is C16H18FN3O2. The molecule has 3 rings (SSSR count). The highest BCUT2D eigenvalue weighted by Gasteiger charge is 2.34. The van der Waals surface area contributed by atoms with Crippen molar-refractivity contribution in [2.24, 2.45) is 0 Å². The number of aryl methyl sites for hydroxylation is 1. The van der Waals surface area contributed by atoms with E-state index in [1.54, 1.807) is 19.2 Å². The second kappa shape index (κ2) is 5.88. The Kier molecular flexibility index (Phi) is 3.94. The average Bonchev–Trinajstić information content (AvgIpc) is 2.88. The summed E-state index contributed by atoms with van der Waals surface area (Å²) in [6.07, 6.45) is 0.0201. The van der Waals surface area contributed by atoms with Gasteiger partial charge in [-0.25, -0.2) is 9.37 Å². The van der Waals surface area contributed by atoms with Crippen molar-refractivity contribution in [3.8, 4) is 5.88 Å². The van der Waals surface area contributed by atoms with E-state index in [1.165, 1.54) is 12.1 Å². The third-order valence-electron chi connectivity index (χ3n) is 3.80. The first-order valence-corrected chi connectivity index (χ1v) is 7.16. The smallest absolute Gasteiger partial charge is 0.229 e. The van der Waals surface area contributed by atoms with Gasteiger partial charge in [-0.1, -0.05) is 12.1 Å². The van der Waals surface area contributed by atoms with Gasteiger partial charge >= 0.3 is 0 Å². The third-order valence-corrected chi connectivity index (χ3v) is 3.80. The second-order valence-electron chi connectivity index (χ2n) is 5.46. The van der Waals surface area contributed by atoms with E-state index in [9.17, 15) is 9.50 Å². The minimum absolute atomic E-state index is 0.155. The van der Waals surface area contributed by atoms with Crippen molar-refractivity contribution in [2.45, 2.75) is 25.5 Å². The molecule has 1 aromatic heterocycles. The molecule has 5 nitrogen and oxygen atoms in total. The summed E-state index contributed by atoms with van der Waals surface area (Å²) in [5.41, 5.74) is 1.59. The number of β-amino-alcohol motifs (C(OH)–C–C–N with tert-alkyl or cyclic N) is 1. The quantitative estimate of drug-likeness (QED) is 0.942. The topological polar surface area (TPSA) is 58.5 Å². The van der Waals surface area contributed by atoms with Crippen molar-refractivity contribution in [3.63, 3.8) is 0 Å². The van der Waals surface area contributed by atoms with Gasteiger partial charge in [-0.05, 0) is 31.0 Å². The minimum atomic E-state index is -0.497. The third kappa shape index (κ3) is 2.87. The van der Waals surface area contributed by atoms with Crippen LogP contribution < -0.4 is 9.64 Å². The summed E-state index contributed by atoms with van der Waals surface area (Å²) in [6, 6.07) is 8.01. The van der Waals surface area contributed by atoms with Gasteiger partial charge in [-0.3, -0.25) is 0 Å². The van der Waals surface area contributed by atoms with E-state index in [-0.39, 0.29) is 11.9 Å². The Morgan fingerprint density at radius 1 is 1.32 bits per heavy atom. The molecule has 2 aromatic rings. The number of nitrogens with zero attached hydrogens (tertiary/aromatic N) is 3. The van der Waals surface area contributed by atoms with Crippen molar-refractivity contribution in [1.29, 1.82) is 0 Å². The van der Waals surface area contributed by atoms with Crippen LogP contribution in [-0.4, -0.2) is 34.8 Å². The number of hydrogen-bond donors (Lipinski definition) is 1. The lowest BCUT2D eigenvalue weighted by Gasteiger charge is -2.25. The van der Waals surface area contributed by atoms with Crippen molar-refractivity contribution in [3.05, 3.63) is 47.4 Å². The van der Waals surface area contributed by atoms with E-state index in [0.29, 0.717) is 24.8 Å². The van der Waals surface area contributed by atoms with Gasteiger partial charge in [0.1, 0.15) is 5.82 Å². The fourth-order valence-electron chi connectivity index (χ4n) is 2.82. The molecule has 1 aliphatic rings. The average molecular weight is 303 g/mol. The van der Waals surface area contributed by atoms with Gasteiger partial charge in [0.05, 0.1) is 19.3 Å². The second-order valence-corrected chi connectivity index (χ2v) is 5.46. The molecule has 0 unspecified atom stereocenters. The molecule has 0 bridgehead atoms. The lowest BCUT2D eigenvalue weighted by Crippen LogP contribution is -2.26. The fourth-order valence-corrected chi connectivity index (χ4v) is 2.82. The van der Waals surface area contributed by atoms with Gasteiger partial charge in [0.15, 0.2) is 0 Å². The van der Waals surface area contributed by atoms with Gasteiger partial charge in [0, 0.05) is 18.3 Å². The number of halogens is 1. The minimum Gasteiger partial charge on any atom is -0.481 e. The number of methoxy groups -OCH3 is 1. The number of ether oxygens (including phenoxy) is 1. The molecule has 116 valence electrons. The highest BCUT2D eigenvalue weighted by Crippen LogP contribution is 2.35. The predicted octanol–water partition coefficient (Wildman–Crippen LogP) is 2.25. The van der Waals surface area contributed by atoms with Crippen molar-refractivity contribution >= 4 is 5.95 Å². The van der Waals surface area contributed by atoms with Crippen LogP contribution in [0.4, 0.5) is 10.3 Å². The standard InChI is InChI=1S/C16H18FN3O2/c1-10-6-15(22-2)19-16(18-10)20-9-13(21)8-14(20)11-4-3-5-12(17)7-11/h3-7,13-14,21H,8-9H2,1-2H3/t13-,14+/m1/s1. The molecule has 0 aliphatic carbocycles. The van der Waals surface area contributed by atoms with Gasteiger partial charge in [-0.15, -0.1) is 0 Å². The van der Waals surface area contributed by atoms with Crippen LogP contribution in [-0.2, 0) is 0 Å². The first-order valence-electron chi connectivity index (χ1n) is 7.16. The van der Waals surface area contributed by atoms with E-state index in [1.807, 2.05) is 17.9 Å². The first-order chi connectivity index (χ1) is 10.6. The van der Waals surface area contributed by atoms with Crippen molar-refractivity contribution in [1.82, 2.24) is 9.97 Å². The lowest BCUT2D eigenvalue weighted by molar-refractivity contribution is 0.194. The molecule has 0 saturated carbocycles. The zero-order valence-electron chi connectivity index (χ0n) is 12.5. The molecule has 1 N–H and O–H groups in total. The van der Waals surface area contributed by atoms with Crippen LogP contribution in [0.2, 0.25) is 0 Å². The summed E-state index contributed by atoms with van der Waals surface area (Å²) < 4.78 is 18.7. The van der Waals surface area contributed by atoms with Crippen LogP contribution in [0, 0.1) is 12.7 Å². The Morgan fingerprint density at radius 3 is 2.86 bits per heavy atom. The molecule has 0 spiro atoms. The summed E-state index contributed by atoms with van der Waals surface area (Å²) in [4.78, 5) is 10.7. The largest absolute Gasteiger partial charge is 0.481 e. The van der Waals surface area contributed by atoms with Gasteiger partial charge in [0.25, 0.3) is 0 Å². The van der Waals surface area contributed by atoms with Crippen LogP contribution in [0.3, 0.4) is 0 Å². The maximum absolute atomic E-state index is 13.5. The normalized spacial score (nSPS) is 21.2. The lowest BCUT2D eigenvalue weighted by atomic mass is 10.0. The molecule has 1 aromatic carbocycles. The summed E-state index contributed by atoms with van der Waals surface area (Å²) in [7, 11) is 1.55. The maximum Gasteiger partial charge on any atom is 0.229 e. The van der Waals surface area contributed by atoms with Crippen molar-refractivity contribution < 1.29 is 14.2 Å². The van der Waals surface area contributed by atoms with E-state index >= 15 is 0 Å². The Hall–Kier alpha value is -2.21. The SMILES string of the molecule is COc1cc(C)nc(N2C[C@H](O)C[C@H]2c2cccc(F)c2)n1. The molecular weight excluding hydrogens is 285 g/mol. The van der Waals surface area contributed by atoms with E-state index < -0.39 is 6.10 Å². The summed E-state index contributed by atoms with van der Waals surface area (Å²) in [5, 5.41) is 10.0. The fraction of sp³-hybridized carbons (Fsp3) is 0.375. The first kappa shape index (κ1) is 14.7. The van der Waals surface area contributed by atoms with E-state index in [2.05, 4.69) is 9.97 Å². The number of anilines is 1. The van der Waals surface area contributed by atoms with Crippen LogP contribution in [0.25, 0.3) is 0 Å². The molecule has 22 heavy (non-hydrogen) atoms. The molecule has 0 radical (unpaired) electrons. The maximum atomic E-state index is 13.5. The Bertz CT molecular complexity index is 680. The Labute approximate surface area is 128 Å². The molecule has 0 amide bonds. The number of rotatable bonds is 3. The molecule has 1 saturated heterocycles. The molecule has 2 atom stereocenters. The highest BCUT2D eigenvalue weighted by atomic mass is 19.1. The number of hydrogen-bond acceptors (Lipinski definition) is 5. The molecule has 2 heterocycles. The summed E-state index contributed by atoms with van der Waals surface area (Å²) >= 11 is 0. The van der Waals surface area contributed by atoms with Crippen molar-refractivity contribution in [2.75, 3.05) is 18.6 Å². The number of benzene rings is 1. The molecule has 1 aliphatic heterocycles. The number of aliphatic hydroxyl groups excluding tert-OH is 1. The predicted molar refractivity (Wildman–Crippen MR) is 80.4 cm³/mol. The summed E-state index contributed by atoms with van der Waals surface area (Å²) in [6.45, 7) is 2.27. The van der Waals surface area contributed by atoms with Crippen LogP contribution in [0.1, 0.15) is 23.7 Å². The van der Waals surface area contributed by atoms with E-state index in [0.717, 1.165) is 11.3 Å². The van der Waals surface area contributed by atoms with Gasteiger partial charge in [-0.2, -0.15) is 4.98 Å².